The summed E-state index contributed by atoms with van der Waals surface area (Å²) in [5.74, 6) is -1.70. The van der Waals surface area contributed by atoms with E-state index in [1.165, 1.54) is 27.2 Å². The summed E-state index contributed by atoms with van der Waals surface area (Å²) in [6.07, 6.45) is 2.48. The van der Waals surface area contributed by atoms with Crippen LogP contribution in [-0.2, 0) is 23.9 Å². The van der Waals surface area contributed by atoms with Crippen molar-refractivity contribution in [2.24, 2.45) is 0 Å². The van der Waals surface area contributed by atoms with Gasteiger partial charge in [0, 0.05) is 17.2 Å². The van der Waals surface area contributed by atoms with Gasteiger partial charge >= 0.3 is 5.97 Å². The molecule has 0 spiro atoms. The molecular formula is C19H18O7. The fraction of sp³-hybridized carbons (Fsp3) is 0.211. The average molecular weight is 358 g/mol. The van der Waals surface area contributed by atoms with Crippen LogP contribution in [0.3, 0.4) is 0 Å². The number of carboxylic acids is 1. The summed E-state index contributed by atoms with van der Waals surface area (Å²) in [4.78, 5) is 35.3. The molecule has 0 amide bonds. The molecule has 0 aliphatic heterocycles. The minimum Gasteiger partial charge on any atom is -0.489 e. The molecule has 136 valence electrons. The number of rotatable bonds is 7. The SMILES string of the molecule is COC1=C(OC)C(=O)C(COc2ccc(/C=C/C(=O)O)cc2)=C(C)C1=O. The predicted octanol–water partition coefficient (Wildman–Crippen LogP) is 2.14. The number of methoxy groups -OCH3 is 2. The highest BCUT2D eigenvalue weighted by atomic mass is 16.5. The number of carbonyl (C=O) groups is 3. The van der Waals surface area contributed by atoms with Crippen molar-refractivity contribution in [3.8, 4) is 5.75 Å². The standard InChI is InChI=1S/C19H18O7/c1-11-14(17(23)19(25-3)18(24-2)16(11)22)10-26-13-7-4-12(5-8-13)6-9-15(20)21/h4-9H,10H2,1-3H3,(H,20,21)/b9-6+. The summed E-state index contributed by atoms with van der Waals surface area (Å²) < 4.78 is 15.6. The number of carboxylic acid groups (broad SMARTS) is 1. The molecule has 1 aliphatic carbocycles. The van der Waals surface area contributed by atoms with E-state index in [-0.39, 0.29) is 29.3 Å². The molecule has 0 fully saturated rings. The van der Waals surface area contributed by atoms with Crippen LogP contribution in [0.2, 0.25) is 0 Å². The number of hydrogen-bond acceptors (Lipinski definition) is 6. The fourth-order valence-corrected chi connectivity index (χ4v) is 2.36. The molecule has 0 aromatic heterocycles. The van der Waals surface area contributed by atoms with Crippen LogP contribution >= 0.6 is 0 Å². The van der Waals surface area contributed by atoms with Crippen molar-refractivity contribution in [3.63, 3.8) is 0 Å². The van der Waals surface area contributed by atoms with Gasteiger partial charge in [-0.1, -0.05) is 12.1 Å². The first-order chi connectivity index (χ1) is 12.4. The Morgan fingerprint density at radius 2 is 1.62 bits per heavy atom. The average Bonchev–Trinajstić information content (AvgIpc) is 2.63. The Hall–Kier alpha value is -3.35. The lowest BCUT2D eigenvalue weighted by Crippen LogP contribution is -2.27. The highest BCUT2D eigenvalue weighted by molar-refractivity contribution is 6.23. The van der Waals surface area contributed by atoms with Crippen molar-refractivity contribution in [2.45, 2.75) is 6.92 Å². The van der Waals surface area contributed by atoms with Gasteiger partial charge in [-0.3, -0.25) is 9.59 Å². The predicted molar refractivity (Wildman–Crippen MR) is 92.4 cm³/mol. The van der Waals surface area contributed by atoms with Crippen LogP contribution in [0.15, 0.2) is 53.0 Å². The highest BCUT2D eigenvalue weighted by Gasteiger charge is 2.34. The smallest absolute Gasteiger partial charge is 0.328 e. The van der Waals surface area contributed by atoms with E-state index in [9.17, 15) is 14.4 Å². The largest absolute Gasteiger partial charge is 0.489 e. The van der Waals surface area contributed by atoms with Crippen molar-refractivity contribution in [3.05, 3.63) is 58.6 Å². The zero-order valence-corrected chi connectivity index (χ0v) is 14.6. The summed E-state index contributed by atoms with van der Waals surface area (Å²) in [6.45, 7) is 1.43. The summed E-state index contributed by atoms with van der Waals surface area (Å²) >= 11 is 0. The zero-order chi connectivity index (χ0) is 19.3. The lowest BCUT2D eigenvalue weighted by atomic mass is 9.93. The van der Waals surface area contributed by atoms with Crippen molar-refractivity contribution in [1.29, 1.82) is 0 Å². The molecular weight excluding hydrogens is 340 g/mol. The van der Waals surface area contributed by atoms with Gasteiger partial charge in [-0.05, 0) is 30.7 Å². The van der Waals surface area contributed by atoms with E-state index in [0.29, 0.717) is 11.3 Å². The summed E-state index contributed by atoms with van der Waals surface area (Å²) in [7, 11) is 2.59. The first-order valence-corrected chi connectivity index (χ1v) is 7.64. The number of ether oxygens (including phenoxy) is 3. The third-order valence-electron chi connectivity index (χ3n) is 3.78. The zero-order valence-electron chi connectivity index (χ0n) is 14.6. The van der Waals surface area contributed by atoms with Gasteiger partial charge in [0.15, 0.2) is 0 Å². The fourth-order valence-electron chi connectivity index (χ4n) is 2.36. The van der Waals surface area contributed by atoms with Crippen LogP contribution < -0.4 is 4.74 Å². The Labute approximate surface area is 150 Å². The number of benzene rings is 1. The van der Waals surface area contributed by atoms with Crippen molar-refractivity contribution >= 4 is 23.6 Å². The summed E-state index contributed by atoms with van der Waals surface area (Å²) in [6, 6.07) is 6.63. The minimum absolute atomic E-state index is 0.107. The van der Waals surface area contributed by atoms with Crippen molar-refractivity contribution in [1.82, 2.24) is 0 Å². The minimum atomic E-state index is -1.04. The van der Waals surface area contributed by atoms with Crippen LogP contribution in [0.1, 0.15) is 12.5 Å². The van der Waals surface area contributed by atoms with Gasteiger partial charge in [0.1, 0.15) is 12.4 Å². The van der Waals surface area contributed by atoms with E-state index in [4.69, 9.17) is 19.3 Å². The molecule has 2 rings (SSSR count). The number of Topliss-reactive ketones (excluding diaryl/α,β-unsaturated/α-hetero) is 2. The number of aliphatic carboxylic acids is 1. The molecule has 1 aromatic carbocycles. The Kier molecular flexibility index (Phi) is 5.95. The maximum absolute atomic E-state index is 12.5. The second-order valence-electron chi connectivity index (χ2n) is 5.36. The Morgan fingerprint density at radius 3 is 2.15 bits per heavy atom. The van der Waals surface area contributed by atoms with Crippen LogP contribution in [0.4, 0.5) is 0 Å². The van der Waals surface area contributed by atoms with Gasteiger partial charge in [0.25, 0.3) is 0 Å². The molecule has 0 bridgehead atoms. The molecule has 1 N–H and O–H groups in total. The molecule has 0 saturated heterocycles. The van der Waals surface area contributed by atoms with Crippen LogP contribution in [-0.4, -0.2) is 43.5 Å². The van der Waals surface area contributed by atoms with Crippen LogP contribution in [0.5, 0.6) is 5.75 Å². The van der Waals surface area contributed by atoms with Gasteiger partial charge in [0.05, 0.1) is 14.2 Å². The summed E-state index contributed by atoms with van der Waals surface area (Å²) in [5, 5.41) is 8.61. The molecule has 7 heteroatoms. The lowest BCUT2D eigenvalue weighted by molar-refractivity contribution is -0.131. The van der Waals surface area contributed by atoms with E-state index in [1.54, 1.807) is 24.3 Å². The number of allylic oxidation sites excluding steroid dienone is 2. The number of ketones is 2. The van der Waals surface area contributed by atoms with Gasteiger partial charge in [0.2, 0.25) is 23.1 Å². The van der Waals surface area contributed by atoms with Crippen molar-refractivity contribution in [2.75, 3.05) is 20.8 Å². The second-order valence-corrected chi connectivity index (χ2v) is 5.36. The van der Waals surface area contributed by atoms with Crippen LogP contribution in [0, 0.1) is 0 Å². The number of hydrogen-bond donors (Lipinski definition) is 1. The first kappa shape index (κ1) is 19.0. The van der Waals surface area contributed by atoms with Gasteiger partial charge in [-0.25, -0.2) is 4.79 Å². The Bertz CT molecular complexity index is 826. The molecule has 0 heterocycles. The third-order valence-corrected chi connectivity index (χ3v) is 3.78. The van der Waals surface area contributed by atoms with Crippen molar-refractivity contribution < 1.29 is 33.7 Å². The molecule has 26 heavy (non-hydrogen) atoms. The molecule has 0 saturated carbocycles. The quantitative estimate of drug-likeness (QED) is 0.589. The maximum atomic E-state index is 12.5. The molecule has 1 aromatic rings. The Balaban J connectivity index is 2.14. The molecule has 0 unspecified atom stereocenters. The molecule has 1 aliphatic rings. The first-order valence-electron chi connectivity index (χ1n) is 7.64. The highest BCUT2D eigenvalue weighted by Crippen LogP contribution is 2.26. The topological polar surface area (TPSA) is 99.1 Å². The van der Waals surface area contributed by atoms with E-state index in [1.807, 2.05) is 0 Å². The van der Waals surface area contributed by atoms with E-state index >= 15 is 0 Å². The van der Waals surface area contributed by atoms with Gasteiger partial charge < -0.3 is 19.3 Å². The van der Waals surface area contributed by atoms with E-state index in [0.717, 1.165) is 6.08 Å². The van der Waals surface area contributed by atoms with Crippen LogP contribution in [0.25, 0.3) is 6.08 Å². The van der Waals surface area contributed by atoms with Gasteiger partial charge in [-0.15, -0.1) is 0 Å². The second kappa shape index (κ2) is 8.15. The maximum Gasteiger partial charge on any atom is 0.328 e. The van der Waals surface area contributed by atoms with E-state index < -0.39 is 17.5 Å². The van der Waals surface area contributed by atoms with Gasteiger partial charge in [-0.2, -0.15) is 0 Å². The monoisotopic (exact) mass is 358 g/mol. The van der Waals surface area contributed by atoms with E-state index in [2.05, 4.69) is 0 Å². The summed E-state index contributed by atoms with van der Waals surface area (Å²) in [5.41, 5.74) is 1.13. The Morgan fingerprint density at radius 1 is 1.04 bits per heavy atom. The number of carbonyl (C=O) groups excluding carboxylic acids is 2. The normalized spacial score (nSPS) is 14.9. The molecule has 0 atom stereocenters. The molecule has 7 nitrogen and oxygen atoms in total. The third kappa shape index (κ3) is 4.00. The molecule has 0 radical (unpaired) electrons. The lowest BCUT2D eigenvalue weighted by Gasteiger charge is -2.20.